The Morgan fingerprint density at radius 1 is 0.929 bits per heavy atom. The standard InChI is InChI=1S/C20H17N3O4S/c1-22(20(24)16-8-4-2-5-9-16)28(27,21-17-10-6-3-7-11-17)19-14-12-18(13-15-19)23(25)26/h2-15H,1H3/t28-/m1/s1. The number of carbonyl (C=O) groups is 1. The minimum absolute atomic E-state index is 0.137. The Balaban J connectivity index is 2.14. The lowest BCUT2D eigenvalue weighted by Crippen LogP contribution is -2.33. The van der Waals surface area contributed by atoms with Crippen molar-refractivity contribution in [2.75, 3.05) is 7.05 Å². The third-order valence-corrected chi connectivity index (χ3v) is 6.27. The van der Waals surface area contributed by atoms with Crippen LogP contribution in [0.15, 0.2) is 94.2 Å². The van der Waals surface area contributed by atoms with Gasteiger partial charge in [-0.15, -0.1) is 0 Å². The predicted octanol–water partition coefficient (Wildman–Crippen LogP) is 4.44. The molecule has 3 aromatic rings. The number of nitro benzene ring substituents is 1. The van der Waals surface area contributed by atoms with Gasteiger partial charge in [0.25, 0.3) is 11.6 Å². The van der Waals surface area contributed by atoms with Crippen molar-refractivity contribution in [2.45, 2.75) is 4.90 Å². The van der Waals surface area contributed by atoms with E-state index in [-0.39, 0.29) is 10.6 Å². The minimum atomic E-state index is -3.40. The third-order valence-electron chi connectivity index (χ3n) is 4.02. The van der Waals surface area contributed by atoms with Crippen LogP contribution in [0.2, 0.25) is 0 Å². The van der Waals surface area contributed by atoms with E-state index in [1.807, 2.05) is 0 Å². The van der Waals surface area contributed by atoms with Crippen molar-refractivity contribution < 1.29 is 13.9 Å². The molecule has 0 radical (unpaired) electrons. The first kappa shape index (κ1) is 19.2. The molecule has 0 fully saturated rings. The highest BCUT2D eigenvalue weighted by Gasteiger charge is 2.26. The summed E-state index contributed by atoms with van der Waals surface area (Å²) in [6.07, 6.45) is 0. The maximum atomic E-state index is 13.9. The van der Waals surface area contributed by atoms with Crippen LogP contribution in [0.3, 0.4) is 0 Å². The van der Waals surface area contributed by atoms with Crippen molar-refractivity contribution >= 4 is 27.2 Å². The molecule has 1 atom stereocenters. The molecule has 0 aliphatic rings. The zero-order valence-corrected chi connectivity index (χ0v) is 15.8. The quantitative estimate of drug-likeness (QED) is 0.471. The SMILES string of the molecule is CN(C(=O)c1ccccc1)[S@](=O)(=Nc1ccccc1)c1ccc([N+](=O)[O-])cc1. The summed E-state index contributed by atoms with van der Waals surface area (Å²) in [6, 6.07) is 22.3. The molecule has 1 amide bonds. The summed E-state index contributed by atoms with van der Waals surface area (Å²) in [5.74, 6) is -0.469. The van der Waals surface area contributed by atoms with E-state index >= 15 is 0 Å². The number of hydrogen-bond acceptors (Lipinski definition) is 5. The number of rotatable bonds is 5. The molecule has 0 unspecified atom stereocenters. The molecule has 0 aromatic heterocycles. The van der Waals surface area contributed by atoms with E-state index in [2.05, 4.69) is 4.36 Å². The van der Waals surface area contributed by atoms with Gasteiger partial charge in [-0.2, -0.15) is 4.36 Å². The smallest absolute Gasteiger partial charge is 0.268 e. The highest BCUT2D eigenvalue weighted by atomic mass is 32.2. The van der Waals surface area contributed by atoms with Crippen molar-refractivity contribution in [1.82, 2.24) is 4.31 Å². The first-order chi connectivity index (χ1) is 13.4. The zero-order valence-electron chi connectivity index (χ0n) is 15.0. The largest absolute Gasteiger partial charge is 0.269 e. The lowest BCUT2D eigenvalue weighted by atomic mass is 10.2. The fraction of sp³-hybridized carbons (Fsp3) is 0.0500. The van der Waals surface area contributed by atoms with Gasteiger partial charge in [0.2, 0.25) is 0 Å². The molecule has 3 rings (SSSR count). The molecule has 7 nitrogen and oxygen atoms in total. The molecule has 0 bridgehead atoms. The lowest BCUT2D eigenvalue weighted by Gasteiger charge is -2.22. The Morgan fingerprint density at radius 3 is 2.00 bits per heavy atom. The van der Waals surface area contributed by atoms with Crippen LogP contribution in [-0.4, -0.2) is 26.4 Å². The van der Waals surface area contributed by atoms with E-state index < -0.39 is 20.7 Å². The van der Waals surface area contributed by atoms with E-state index in [9.17, 15) is 19.1 Å². The Labute approximate surface area is 162 Å². The van der Waals surface area contributed by atoms with E-state index in [4.69, 9.17) is 0 Å². The molecular formula is C20H17N3O4S. The highest BCUT2D eigenvalue weighted by Crippen LogP contribution is 2.26. The van der Waals surface area contributed by atoms with Gasteiger partial charge in [-0.05, 0) is 36.4 Å². The van der Waals surface area contributed by atoms with Crippen molar-refractivity contribution in [3.05, 3.63) is 101 Å². The van der Waals surface area contributed by atoms with Crippen molar-refractivity contribution in [2.24, 2.45) is 4.36 Å². The van der Waals surface area contributed by atoms with E-state index in [1.54, 1.807) is 60.7 Å². The molecule has 142 valence electrons. The third kappa shape index (κ3) is 3.91. The second kappa shape index (κ2) is 8.01. The Kier molecular flexibility index (Phi) is 5.51. The van der Waals surface area contributed by atoms with E-state index in [0.29, 0.717) is 11.3 Å². The van der Waals surface area contributed by atoms with Gasteiger partial charge in [0.1, 0.15) is 0 Å². The van der Waals surface area contributed by atoms with Gasteiger partial charge >= 0.3 is 0 Å². The van der Waals surface area contributed by atoms with Crippen LogP contribution >= 0.6 is 0 Å². The first-order valence-electron chi connectivity index (χ1n) is 8.32. The molecule has 8 heteroatoms. The number of hydrogen-bond donors (Lipinski definition) is 0. The van der Waals surface area contributed by atoms with Gasteiger partial charge in [-0.3, -0.25) is 19.2 Å². The monoisotopic (exact) mass is 395 g/mol. The van der Waals surface area contributed by atoms with E-state index in [0.717, 1.165) is 4.31 Å². The van der Waals surface area contributed by atoms with Gasteiger partial charge < -0.3 is 0 Å². The average Bonchev–Trinajstić information content (AvgIpc) is 2.74. The van der Waals surface area contributed by atoms with Crippen molar-refractivity contribution in [3.8, 4) is 0 Å². The predicted molar refractivity (Wildman–Crippen MR) is 107 cm³/mol. The maximum Gasteiger partial charge on any atom is 0.269 e. The van der Waals surface area contributed by atoms with Crippen LogP contribution in [0.5, 0.6) is 0 Å². The first-order valence-corrected chi connectivity index (χ1v) is 9.79. The summed E-state index contributed by atoms with van der Waals surface area (Å²) in [7, 11) is -1.99. The molecule has 0 saturated carbocycles. The highest BCUT2D eigenvalue weighted by molar-refractivity contribution is 7.92. The molecule has 3 aromatic carbocycles. The van der Waals surface area contributed by atoms with Crippen LogP contribution in [0.4, 0.5) is 11.4 Å². The topological polar surface area (TPSA) is 92.9 Å². The second-order valence-corrected chi connectivity index (χ2v) is 8.04. The normalized spacial score (nSPS) is 12.6. The van der Waals surface area contributed by atoms with E-state index in [1.165, 1.54) is 31.3 Å². The van der Waals surface area contributed by atoms with Crippen LogP contribution in [0.1, 0.15) is 10.4 Å². The summed E-state index contributed by atoms with van der Waals surface area (Å²) < 4.78 is 19.3. The molecule has 0 heterocycles. The van der Waals surface area contributed by atoms with Crippen LogP contribution in [-0.2, 0) is 9.92 Å². The van der Waals surface area contributed by atoms with Gasteiger partial charge in [-0.25, -0.2) is 4.21 Å². The van der Waals surface area contributed by atoms with Crippen LogP contribution in [0, 0.1) is 10.1 Å². The summed E-state index contributed by atoms with van der Waals surface area (Å²) in [4.78, 5) is 23.5. The summed E-state index contributed by atoms with van der Waals surface area (Å²) in [6.45, 7) is 0. The molecular weight excluding hydrogens is 378 g/mol. The number of nitrogens with zero attached hydrogens (tertiary/aromatic N) is 3. The molecule has 0 N–H and O–H groups in total. The van der Waals surface area contributed by atoms with Crippen molar-refractivity contribution in [1.29, 1.82) is 0 Å². The van der Waals surface area contributed by atoms with Gasteiger partial charge in [0.15, 0.2) is 9.92 Å². The summed E-state index contributed by atoms with van der Waals surface area (Å²) in [5.41, 5.74) is 0.656. The Bertz CT molecular complexity index is 1110. The number of carbonyl (C=O) groups excluding carboxylic acids is 1. The number of amides is 1. The lowest BCUT2D eigenvalue weighted by molar-refractivity contribution is -0.384. The molecule has 0 saturated heterocycles. The van der Waals surface area contributed by atoms with Gasteiger partial charge in [-0.1, -0.05) is 36.4 Å². The molecule has 0 aliphatic carbocycles. The number of non-ortho nitro benzene ring substituents is 1. The molecule has 0 aliphatic heterocycles. The Hall–Kier alpha value is -3.52. The van der Waals surface area contributed by atoms with Crippen molar-refractivity contribution in [3.63, 3.8) is 0 Å². The van der Waals surface area contributed by atoms with Gasteiger partial charge in [0, 0.05) is 24.7 Å². The molecule has 0 spiro atoms. The minimum Gasteiger partial charge on any atom is -0.268 e. The van der Waals surface area contributed by atoms with Crippen LogP contribution in [0.25, 0.3) is 0 Å². The zero-order chi connectivity index (χ0) is 20.1. The fourth-order valence-electron chi connectivity index (χ4n) is 2.52. The van der Waals surface area contributed by atoms with Gasteiger partial charge in [0.05, 0.1) is 15.5 Å². The molecule has 28 heavy (non-hydrogen) atoms. The fourth-order valence-corrected chi connectivity index (χ4v) is 4.30. The number of nitro groups is 1. The Morgan fingerprint density at radius 2 is 1.46 bits per heavy atom. The summed E-state index contributed by atoms with van der Waals surface area (Å²) >= 11 is 0. The number of benzene rings is 3. The maximum absolute atomic E-state index is 13.9. The average molecular weight is 395 g/mol. The second-order valence-electron chi connectivity index (χ2n) is 5.84. The summed E-state index contributed by atoms with van der Waals surface area (Å²) in [5, 5.41) is 10.9. The van der Waals surface area contributed by atoms with Crippen LogP contribution < -0.4 is 0 Å².